The molecule has 1 aromatic carbocycles. The van der Waals surface area contributed by atoms with Gasteiger partial charge < -0.3 is 19.5 Å². The highest BCUT2D eigenvalue weighted by Gasteiger charge is 2.32. The number of piperazine rings is 1. The second-order valence-electron chi connectivity index (χ2n) is 8.03. The van der Waals surface area contributed by atoms with Crippen LogP contribution in [0, 0.1) is 6.92 Å². The molecule has 0 aliphatic carbocycles. The van der Waals surface area contributed by atoms with E-state index in [9.17, 15) is 14.7 Å². The van der Waals surface area contributed by atoms with Crippen LogP contribution < -0.4 is 9.64 Å². The summed E-state index contributed by atoms with van der Waals surface area (Å²) in [5.41, 5.74) is 1.90. The van der Waals surface area contributed by atoms with E-state index < -0.39 is 5.97 Å². The van der Waals surface area contributed by atoms with Gasteiger partial charge in [0.2, 0.25) is 0 Å². The normalized spacial score (nSPS) is 17.0. The van der Waals surface area contributed by atoms with Gasteiger partial charge in [-0.25, -0.2) is 9.59 Å². The summed E-state index contributed by atoms with van der Waals surface area (Å²) in [6.45, 7) is 6.33. The SMILES string of the molecule is COc1cccc(N(Cc2ccc(C(=O)O)c(C)n2)C(=O)N2CCN(C3COC3)CC2)c1. The highest BCUT2D eigenvalue weighted by molar-refractivity contribution is 5.92. The van der Waals surface area contributed by atoms with E-state index in [4.69, 9.17) is 9.47 Å². The van der Waals surface area contributed by atoms with E-state index in [2.05, 4.69) is 9.88 Å². The second kappa shape index (κ2) is 9.54. The van der Waals surface area contributed by atoms with E-state index >= 15 is 0 Å². The Hall–Kier alpha value is -3.17. The summed E-state index contributed by atoms with van der Waals surface area (Å²) in [6.07, 6.45) is 0. The maximum atomic E-state index is 13.6. The largest absolute Gasteiger partial charge is 0.497 e. The van der Waals surface area contributed by atoms with Gasteiger partial charge in [-0.3, -0.25) is 14.8 Å². The van der Waals surface area contributed by atoms with Gasteiger partial charge in [-0.05, 0) is 31.2 Å². The Morgan fingerprint density at radius 3 is 2.53 bits per heavy atom. The van der Waals surface area contributed by atoms with E-state index in [0.717, 1.165) is 26.3 Å². The number of rotatable bonds is 6. The van der Waals surface area contributed by atoms with Crippen LogP contribution in [0.4, 0.5) is 10.5 Å². The van der Waals surface area contributed by atoms with Gasteiger partial charge >= 0.3 is 12.0 Å². The number of aryl methyl sites for hydroxylation is 1. The number of aromatic nitrogens is 1. The average Bonchev–Trinajstić information content (AvgIpc) is 2.76. The fourth-order valence-electron chi connectivity index (χ4n) is 4.02. The lowest BCUT2D eigenvalue weighted by atomic mass is 10.1. The molecule has 2 aliphatic heterocycles. The van der Waals surface area contributed by atoms with Crippen molar-refractivity contribution in [2.75, 3.05) is 51.4 Å². The molecule has 1 N–H and O–H groups in total. The van der Waals surface area contributed by atoms with Crippen molar-refractivity contribution in [3.05, 3.63) is 53.3 Å². The maximum Gasteiger partial charge on any atom is 0.337 e. The van der Waals surface area contributed by atoms with Crippen LogP contribution in [0.3, 0.4) is 0 Å². The summed E-state index contributed by atoms with van der Waals surface area (Å²) < 4.78 is 10.6. The third kappa shape index (κ3) is 4.68. The molecule has 9 heteroatoms. The van der Waals surface area contributed by atoms with Gasteiger partial charge in [-0.2, -0.15) is 0 Å². The van der Waals surface area contributed by atoms with Gasteiger partial charge in [0.25, 0.3) is 0 Å². The lowest BCUT2D eigenvalue weighted by Crippen LogP contribution is -2.59. The molecular formula is C23H28N4O5. The number of carbonyl (C=O) groups is 2. The van der Waals surface area contributed by atoms with Crippen LogP contribution in [0.25, 0.3) is 0 Å². The number of hydrogen-bond donors (Lipinski definition) is 1. The van der Waals surface area contributed by atoms with Gasteiger partial charge in [-0.1, -0.05) is 6.07 Å². The van der Waals surface area contributed by atoms with Gasteiger partial charge in [0.1, 0.15) is 5.75 Å². The number of pyridine rings is 1. The van der Waals surface area contributed by atoms with Gasteiger partial charge in [0.05, 0.1) is 49.9 Å². The molecular weight excluding hydrogens is 412 g/mol. The number of methoxy groups -OCH3 is 1. The Morgan fingerprint density at radius 1 is 1.19 bits per heavy atom. The highest BCUT2D eigenvalue weighted by atomic mass is 16.5. The van der Waals surface area contributed by atoms with Gasteiger partial charge in [-0.15, -0.1) is 0 Å². The van der Waals surface area contributed by atoms with Crippen LogP contribution in [-0.2, 0) is 11.3 Å². The Bertz CT molecular complexity index is 986. The number of ether oxygens (including phenoxy) is 2. The molecule has 1 aromatic heterocycles. The summed E-state index contributed by atoms with van der Waals surface area (Å²) in [5.74, 6) is -0.363. The molecule has 2 amide bonds. The van der Waals surface area contributed by atoms with Crippen molar-refractivity contribution in [3.63, 3.8) is 0 Å². The quantitative estimate of drug-likeness (QED) is 0.736. The first-order valence-corrected chi connectivity index (χ1v) is 10.7. The lowest BCUT2D eigenvalue weighted by molar-refractivity contribution is -0.0738. The predicted octanol–water partition coefficient (Wildman–Crippen LogP) is 2.24. The molecule has 9 nitrogen and oxygen atoms in total. The fourth-order valence-corrected chi connectivity index (χ4v) is 4.02. The average molecular weight is 441 g/mol. The molecule has 0 saturated carbocycles. The second-order valence-corrected chi connectivity index (χ2v) is 8.03. The molecule has 2 aromatic rings. The Kier molecular flexibility index (Phi) is 6.57. The van der Waals surface area contributed by atoms with Gasteiger partial charge in [0, 0.05) is 37.9 Å². The molecule has 32 heavy (non-hydrogen) atoms. The molecule has 0 atom stereocenters. The predicted molar refractivity (Wildman–Crippen MR) is 118 cm³/mol. The summed E-state index contributed by atoms with van der Waals surface area (Å²) in [6, 6.07) is 10.9. The Labute approximate surface area is 187 Å². The number of carbonyl (C=O) groups excluding carboxylic acids is 1. The lowest BCUT2D eigenvalue weighted by Gasteiger charge is -2.43. The summed E-state index contributed by atoms with van der Waals surface area (Å²) in [7, 11) is 1.59. The Morgan fingerprint density at radius 2 is 1.94 bits per heavy atom. The topological polar surface area (TPSA) is 95.4 Å². The molecule has 0 bridgehead atoms. The molecule has 0 radical (unpaired) electrons. The van der Waals surface area contributed by atoms with Crippen molar-refractivity contribution < 1.29 is 24.2 Å². The summed E-state index contributed by atoms with van der Waals surface area (Å²) in [5, 5.41) is 9.28. The first kappa shape index (κ1) is 22.0. The van der Waals surface area contributed by atoms with E-state index in [1.165, 1.54) is 6.07 Å². The number of benzene rings is 1. The first-order chi connectivity index (χ1) is 15.5. The van der Waals surface area contributed by atoms with Crippen molar-refractivity contribution in [2.24, 2.45) is 0 Å². The minimum absolute atomic E-state index is 0.107. The smallest absolute Gasteiger partial charge is 0.337 e. The molecule has 2 saturated heterocycles. The molecule has 2 aliphatic rings. The van der Waals surface area contributed by atoms with Crippen LogP contribution in [-0.4, -0.2) is 84.4 Å². The van der Waals surface area contributed by atoms with E-state index in [-0.39, 0.29) is 18.1 Å². The number of anilines is 1. The van der Waals surface area contributed by atoms with Crippen LogP contribution in [0.5, 0.6) is 5.75 Å². The van der Waals surface area contributed by atoms with Crippen molar-refractivity contribution in [1.82, 2.24) is 14.8 Å². The van der Waals surface area contributed by atoms with Crippen LogP contribution in [0.1, 0.15) is 21.7 Å². The van der Waals surface area contributed by atoms with Crippen molar-refractivity contribution >= 4 is 17.7 Å². The monoisotopic (exact) mass is 440 g/mol. The number of amides is 2. The zero-order valence-electron chi connectivity index (χ0n) is 18.4. The van der Waals surface area contributed by atoms with E-state index in [1.807, 2.05) is 29.2 Å². The number of hydrogen-bond acceptors (Lipinski definition) is 6. The zero-order valence-corrected chi connectivity index (χ0v) is 18.4. The fraction of sp³-hybridized carbons (Fsp3) is 0.435. The van der Waals surface area contributed by atoms with Gasteiger partial charge in [0.15, 0.2) is 0 Å². The van der Waals surface area contributed by atoms with Crippen molar-refractivity contribution in [2.45, 2.75) is 19.5 Å². The van der Waals surface area contributed by atoms with Crippen LogP contribution >= 0.6 is 0 Å². The Balaban J connectivity index is 1.55. The summed E-state index contributed by atoms with van der Waals surface area (Å²) >= 11 is 0. The minimum Gasteiger partial charge on any atom is -0.497 e. The summed E-state index contributed by atoms with van der Waals surface area (Å²) in [4.78, 5) is 35.2. The molecule has 170 valence electrons. The highest BCUT2D eigenvalue weighted by Crippen LogP contribution is 2.25. The standard InChI is InChI=1S/C23H28N4O5/c1-16-21(22(28)29)7-6-17(24-16)13-27(18-4-3-5-20(12-18)31-2)23(30)26-10-8-25(9-11-26)19-14-32-15-19/h3-7,12,19H,8-11,13-15H2,1-2H3,(H,28,29). The molecule has 4 rings (SSSR count). The zero-order chi connectivity index (χ0) is 22.7. The maximum absolute atomic E-state index is 13.6. The van der Waals surface area contributed by atoms with Crippen molar-refractivity contribution in [1.29, 1.82) is 0 Å². The number of carboxylic acids is 1. The van der Waals surface area contributed by atoms with E-state index in [0.29, 0.717) is 42.0 Å². The molecule has 2 fully saturated rings. The van der Waals surface area contributed by atoms with Crippen LogP contribution in [0.2, 0.25) is 0 Å². The number of aromatic carboxylic acids is 1. The first-order valence-electron chi connectivity index (χ1n) is 10.7. The van der Waals surface area contributed by atoms with E-state index in [1.54, 1.807) is 25.0 Å². The minimum atomic E-state index is -1.02. The third-order valence-electron chi connectivity index (χ3n) is 6.01. The number of carboxylic acid groups (broad SMARTS) is 1. The molecule has 0 unspecified atom stereocenters. The third-order valence-corrected chi connectivity index (χ3v) is 6.01. The molecule has 0 spiro atoms. The van der Waals surface area contributed by atoms with Crippen molar-refractivity contribution in [3.8, 4) is 5.75 Å². The number of nitrogens with zero attached hydrogens (tertiary/aromatic N) is 4. The number of urea groups is 1. The van der Waals surface area contributed by atoms with Crippen LogP contribution in [0.15, 0.2) is 36.4 Å². The molecule has 3 heterocycles.